The van der Waals surface area contributed by atoms with Gasteiger partial charge in [-0.1, -0.05) is 12.1 Å². The third-order valence-corrected chi connectivity index (χ3v) is 4.52. The number of thioether (sulfide) groups is 1. The molecule has 6 heteroatoms. The lowest BCUT2D eigenvalue weighted by molar-refractivity contribution is -0.136. The van der Waals surface area contributed by atoms with E-state index in [1.165, 1.54) is 0 Å². The maximum absolute atomic E-state index is 12.5. The van der Waals surface area contributed by atoms with Crippen molar-refractivity contribution in [2.75, 3.05) is 25.6 Å². The molecular formula is C18H23NO4S. The number of hydrogen-bond acceptors (Lipinski definition) is 6. The Balaban J connectivity index is 2.19. The van der Waals surface area contributed by atoms with Crippen LogP contribution in [-0.4, -0.2) is 42.8 Å². The van der Waals surface area contributed by atoms with Gasteiger partial charge in [-0.2, -0.15) is 0 Å². The summed E-state index contributed by atoms with van der Waals surface area (Å²) in [5.74, 6) is 0.458. The topological polar surface area (TPSA) is 57.7 Å². The Labute approximate surface area is 147 Å². The average molecular weight is 349 g/mol. The molecule has 1 aliphatic heterocycles. The largest absolute Gasteiger partial charge is 0.462 e. The number of hydrogen-bond donors (Lipinski definition) is 0. The van der Waals surface area contributed by atoms with E-state index in [-0.39, 0.29) is 12.3 Å². The Bertz CT molecular complexity index is 568. The standard InChI is InChI=1S/C18H23NO4S/c1-3-6-15(24-12-8-16-22-10-11-23-16)17(18(20)21-4-2)14-7-5-9-19-13-14/h3,5,7,9,13,16H,1,4,6,8,10-12H2,2H3. The van der Waals surface area contributed by atoms with Gasteiger partial charge in [0.05, 0.1) is 25.4 Å². The number of pyridine rings is 1. The minimum atomic E-state index is -0.330. The van der Waals surface area contributed by atoms with Gasteiger partial charge in [-0.25, -0.2) is 4.79 Å². The first-order valence-electron chi connectivity index (χ1n) is 8.03. The van der Waals surface area contributed by atoms with Gasteiger partial charge in [0.15, 0.2) is 6.29 Å². The number of esters is 1. The van der Waals surface area contributed by atoms with Crippen molar-refractivity contribution in [1.29, 1.82) is 0 Å². The van der Waals surface area contributed by atoms with E-state index in [1.54, 1.807) is 37.2 Å². The average Bonchev–Trinajstić information content (AvgIpc) is 3.10. The molecule has 1 saturated heterocycles. The third-order valence-electron chi connectivity index (χ3n) is 3.36. The molecule has 1 aromatic rings. The number of allylic oxidation sites excluding steroid dienone is 2. The van der Waals surface area contributed by atoms with Crippen LogP contribution >= 0.6 is 11.8 Å². The Kier molecular flexibility index (Phi) is 8.01. The van der Waals surface area contributed by atoms with Gasteiger partial charge in [0, 0.05) is 35.0 Å². The third kappa shape index (κ3) is 5.47. The van der Waals surface area contributed by atoms with Crippen LogP contribution in [0.3, 0.4) is 0 Å². The van der Waals surface area contributed by atoms with Crippen LogP contribution in [0.4, 0.5) is 0 Å². The Morgan fingerprint density at radius 2 is 2.29 bits per heavy atom. The van der Waals surface area contributed by atoms with Crippen LogP contribution in [0.15, 0.2) is 42.1 Å². The summed E-state index contributed by atoms with van der Waals surface area (Å²) < 4.78 is 16.1. The van der Waals surface area contributed by atoms with E-state index in [0.717, 1.165) is 22.6 Å². The molecule has 0 aliphatic carbocycles. The molecule has 0 spiro atoms. The van der Waals surface area contributed by atoms with E-state index in [1.807, 2.05) is 12.1 Å². The van der Waals surface area contributed by atoms with Crippen LogP contribution in [0, 0.1) is 0 Å². The van der Waals surface area contributed by atoms with Crippen LogP contribution in [-0.2, 0) is 19.0 Å². The Morgan fingerprint density at radius 1 is 1.50 bits per heavy atom. The van der Waals surface area contributed by atoms with Crippen molar-refractivity contribution in [1.82, 2.24) is 4.98 Å². The molecule has 1 aromatic heterocycles. The lowest BCUT2D eigenvalue weighted by Gasteiger charge is -2.14. The number of rotatable bonds is 9. The lowest BCUT2D eigenvalue weighted by atomic mass is 10.1. The molecular weight excluding hydrogens is 326 g/mol. The van der Waals surface area contributed by atoms with Crippen molar-refractivity contribution >= 4 is 23.3 Å². The quantitative estimate of drug-likeness (QED) is 0.387. The molecule has 0 saturated carbocycles. The summed E-state index contributed by atoms with van der Waals surface area (Å²) in [6.07, 6.45) is 6.38. The second kappa shape index (κ2) is 10.3. The number of aromatic nitrogens is 1. The van der Waals surface area contributed by atoms with Crippen molar-refractivity contribution < 1.29 is 19.0 Å². The second-order valence-electron chi connectivity index (χ2n) is 5.06. The maximum Gasteiger partial charge on any atom is 0.339 e. The zero-order chi connectivity index (χ0) is 17.2. The molecule has 2 rings (SSSR count). The maximum atomic E-state index is 12.5. The molecule has 24 heavy (non-hydrogen) atoms. The SMILES string of the molecule is C=CCC(SCCC1OCCO1)=C(C(=O)OCC)c1cccnc1. The summed E-state index contributed by atoms with van der Waals surface area (Å²) in [6.45, 7) is 7.23. The van der Waals surface area contributed by atoms with Crippen molar-refractivity contribution in [3.8, 4) is 0 Å². The zero-order valence-corrected chi connectivity index (χ0v) is 14.7. The molecule has 0 radical (unpaired) electrons. The predicted octanol–water partition coefficient (Wildman–Crippen LogP) is 3.43. The van der Waals surface area contributed by atoms with Gasteiger partial charge < -0.3 is 14.2 Å². The molecule has 0 aromatic carbocycles. The Morgan fingerprint density at radius 3 is 2.92 bits per heavy atom. The summed E-state index contributed by atoms with van der Waals surface area (Å²) in [7, 11) is 0. The monoisotopic (exact) mass is 349 g/mol. The summed E-state index contributed by atoms with van der Waals surface area (Å²) in [6, 6.07) is 3.68. The number of nitrogens with zero attached hydrogens (tertiary/aromatic N) is 1. The normalized spacial score (nSPS) is 15.9. The van der Waals surface area contributed by atoms with Gasteiger partial charge in [-0.15, -0.1) is 18.3 Å². The van der Waals surface area contributed by atoms with Crippen molar-refractivity contribution in [3.63, 3.8) is 0 Å². The van der Waals surface area contributed by atoms with Gasteiger partial charge in [0.1, 0.15) is 0 Å². The summed E-state index contributed by atoms with van der Waals surface area (Å²) in [5, 5.41) is 0. The van der Waals surface area contributed by atoms with E-state index in [0.29, 0.717) is 31.8 Å². The number of ether oxygens (including phenoxy) is 3. The number of carbonyl (C=O) groups excluding carboxylic acids is 1. The highest BCUT2D eigenvalue weighted by atomic mass is 32.2. The van der Waals surface area contributed by atoms with E-state index in [2.05, 4.69) is 11.6 Å². The first kappa shape index (κ1) is 18.7. The number of carbonyl (C=O) groups is 1. The van der Waals surface area contributed by atoms with Gasteiger partial charge in [0.2, 0.25) is 0 Å². The van der Waals surface area contributed by atoms with E-state index < -0.39 is 0 Å². The highest BCUT2D eigenvalue weighted by Gasteiger charge is 2.20. The molecule has 1 aliphatic rings. The first-order chi connectivity index (χ1) is 11.8. The van der Waals surface area contributed by atoms with Gasteiger partial charge in [-0.05, 0) is 19.4 Å². The van der Waals surface area contributed by atoms with Gasteiger partial charge >= 0.3 is 5.97 Å². The van der Waals surface area contributed by atoms with Gasteiger partial charge in [-0.3, -0.25) is 4.98 Å². The van der Waals surface area contributed by atoms with Crippen LogP contribution < -0.4 is 0 Å². The van der Waals surface area contributed by atoms with Crippen molar-refractivity contribution in [2.45, 2.75) is 26.1 Å². The highest BCUT2D eigenvalue weighted by Crippen LogP contribution is 2.32. The molecule has 0 N–H and O–H groups in total. The van der Waals surface area contributed by atoms with Crippen LogP contribution in [0.2, 0.25) is 0 Å². The molecule has 1 fully saturated rings. The fourth-order valence-corrected chi connectivity index (χ4v) is 3.46. The van der Waals surface area contributed by atoms with Crippen LogP contribution in [0.25, 0.3) is 5.57 Å². The minimum absolute atomic E-state index is 0.146. The summed E-state index contributed by atoms with van der Waals surface area (Å²) in [5.41, 5.74) is 1.32. The molecule has 0 amide bonds. The van der Waals surface area contributed by atoms with Crippen molar-refractivity contribution in [3.05, 3.63) is 47.6 Å². The summed E-state index contributed by atoms with van der Waals surface area (Å²) in [4.78, 5) is 17.5. The summed E-state index contributed by atoms with van der Waals surface area (Å²) >= 11 is 1.61. The minimum Gasteiger partial charge on any atom is -0.462 e. The first-order valence-corrected chi connectivity index (χ1v) is 9.02. The smallest absolute Gasteiger partial charge is 0.339 e. The molecule has 0 unspecified atom stereocenters. The fourth-order valence-electron chi connectivity index (χ4n) is 2.32. The molecule has 130 valence electrons. The zero-order valence-electron chi connectivity index (χ0n) is 13.9. The molecule has 2 heterocycles. The van der Waals surface area contributed by atoms with Crippen LogP contribution in [0.5, 0.6) is 0 Å². The van der Waals surface area contributed by atoms with Crippen molar-refractivity contribution in [2.24, 2.45) is 0 Å². The van der Waals surface area contributed by atoms with E-state index in [9.17, 15) is 4.79 Å². The van der Waals surface area contributed by atoms with Crippen LogP contribution in [0.1, 0.15) is 25.3 Å². The lowest BCUT2D eigenvalue weighted by Crippen LogP contribution is -2.11. The second-order valence-corrected chi connectivity index (χ2v) is 6.25. The van der Waals surface area contributed by atoms with E-state index >= 15 is 0 Å². The highest BCUT2D eigenvalue weighted by molar-refractivity contribution is 8.03. The van der Waals surface area contributed by atoms with E-state index in [4.69, 9.17) is 14.2 Å². The molecule has 0 bridgehead atoms. The Hall–Kier alpha value is -1.63. The molecule has 5 nitrogen and oxygen atoms in total. The predicted molar refractivity (Wildman–Crippen MR) is 95.4 cm³/mol. The van der Waals surface area contributed by atoms with Gasteiger partial charge in [0.25, 0.3) is 0 Å². The fraction of sp³-hybridized carbons (Fsp3) is 0.444. The molecule has 0 atom stereocenters.